The number of nitrogens with one attached hydrogen (secondary N) is 2. The third-order valence-electron chi connectivity index (χ3n) is 3.53. The van der Waals surface area contributed by atoms with E-state index in [2.05, 4.69) is 23.9 Å². The van der Waals surface area contributed by atoms with Gasteiger partial charge in [-0.3, -0.25) is 0 Å². The lowest BCUT2D eigenvalue weighted by Crippen LogP contribution is -2.28. The predicted octanol–water partition coefficient (Wildman–Crippen LogP) is 2.31. The second-order valence-corrected chi connectivity index (χ2v) is 7.99. The summed E-state index contributed by atoms with van der Waals surface area (Å²) < 4.78 is 26.9. The molecule has 1 saturated carbocycles. The summed E-state index contributed by atoms with van der Waals surface area (Å²) in [5.41, 5.74) is 1.18. The van der Waals surface area contributed by atoms with Gasteiger partial charge in [0.15, 0.2) is 0 Å². The molecular weight excluding hydrogens is 284 g/mol. The summed E-state index contributed by atoms with van der Waals surface area (Å²) in [6, 6.07) is 7.88. The van der Waals surface area contributed by atoms with E-state index in [1.54, 1.807) is 12.1 Å². The highest BCUT2D eigenvalue weighted by Gasteiger charge is 2.19. The first-order chi connectivity index (χ1) is 9.97. The van der Waals surface area contributed by atoms with Crippen LogP contribution in [0.4, 0.5) is 0 Å². The molecule has 1 aliphatic rings. The van der Waals surface area contributed by atoms with Crippen LogP contribution in [0.3, 0.4) is 0 Å². The molecule has 1 aromatic rings. The van der Waals surface area contributed by atoms with Crippen LogP contribution in [0.5, 0.6) is 0 Å². The number of rotatable bonds is 9. The first kappa shape index (κ1) is 16.5. The van der Waals surface area contributed by atoms with Crippen molar-refractivity contribution in [3.05, 3.63) is 29.8 Å². The van der Waals surface area contributed by atoms with Crippen molar-refractivity contribution in [1.29, 1.82) is 0 Å². The summed E-state index contributed by atoms with van der Waals surface area (Å²) in [4.78, 5) is 0.352. The first-order valence-corrected chi connectivity index (χ1v) is 9.27. The molecule has 21 heavy (non-hydrogen) atoms. The molecule has 0 saturated heterocycles. The van der Waals surface area contributed by atoms with Crippen LogP contribution in [-0.2, 0) is 16.4 Å². The summed E-state index contributed by atoms with van der Waals surface area (Å²) in [5, 5.41) is 3.37. The van der Waals surface area contributed by atoms with Crippen LogP contribution < -0.4 is 10.0 Å². The third kappa shape index (κ3) is 5.77. The Balaban J connectivity index is 1.80. The van der Waals surface area contributed by atoms with E-state index in [0.717, 1.165) is 19.4 Å². The van der Waals surface area contributed by atoms with Crippen LogP contribution in [0.15, 0.2) is 29.2 Å². The van der Waals surface area contributed by atoms with Gasteiger partial charge in [0.25, 0.3) is 0 Å². The molecule has 0 bridgehead atoms. The van der Waals surface area contributed by atoms with Crippen molar-refractivity contribution in [2.24, 2.45) is 5.92 Å². The summed E-state index contributed by atoms with van der Waals surface area (Å²) >= 11 is 0. The Morgan fingerprint density at radius 3 is 2.38 bits per heavy atom. The fourth-order valence-electron chi connectivity index (χ4n) is 2.25. The van der Waals surface area contributed by atoms with Gasteiger partial charge in [-0.1, -0.05) is 26.0 Å². The lowest BCUT2D eigenvalue weighted by Gasteiger charge is -2.09. The van der Waals surface area contributed by atoms with Crippen LogP contribution in [0, 0.1) is 5.92 Å². The van der Waals surface area contributed by atoms with E-state index < -0.39 is 10.0 Å². The van der Waals surface area contributed by atoms with Crippen molar-refractivity contribution < 1.29 is 8.42 Å². The van der Waals surface area contributed by atoms with Gasteiger partial charge in [-0.25, -0.2) is 13.1 Å². The zero-order chi connectivity index (χ0) is 15.3. The third-order valence-corrected chi connectivity index (χ3v) is 5.01. The van der Waals surface area contributed by atoms with Crippen molar-refractivity contribution in [2.45, 2.75) is 50.5 Å². The summed E-state index contributed by atoms with van der Waals surface area (Å²) in [5.74, 6) is 0.574. The second kappa shape index (κ2) is 7.38. The largest absolute Gasteiger partial charge is 0.314 e. The molecule has 1 fully saturated rings. The lowest BCUT2D eigenvalue weighted by atomic mass is 10.0. The molecule has 1 aliphatic carbocycles. The van der Waals surface area contributed by atoms with E-state index in [1.165, 1.54) is 18.4 Å². The van der Waals surface area contributed by atoms with E-state index in [-0.39, 0.29) is 0 Å². The quantitative estimate of drug-likeness (QED) is 0.688. The van der Waals surface area contributed by atoms with Gasteiger partial charge < -0.3 is 5.32 Å². The van der Waals surface area contributed by atoms with Crippen LogP contribution in [0.25, 0.3) is 0 Å². The average molecular weight is 310 g/mol. The molecule has 0 heterocycles. The second-order valence-electron chi connectivity index (χ2n) is 6.22. The molecule has 0 spiro atoms. The Morgan fingerprint density at radius 1 is 1.14 bits per heavy atom. The maximum atomic E-state index is 12.1. The van der Waals surface area contributed by atoms with Gasteiger partial charge in [0.2, 0.25) is 10.0 Å². The standard InChI is InChI=1S/C16H26N2O2S/c1-13(2)12-14-4-8-16(9-5-14)21(19,20)18-11-3-10-17-15-6-7-15/h4-5,8-9,13,15,17-18H,3,6-7,10-12H2,1-2H3. The maximum absolute atomic E-state index is 12.1. The highest BCUT2D eigenvalue weighted by atomic mass is 32.2. The molecule has 2 rings (SSSR count). The van der Waals surface area contributed by atoms with Gasteiger partial charge in [0.05, 0.1) is 4.90 Å². The molecule has 0 amide bonds. The van der Waals surface area contributed by atoms with E-state index in [0.29, 0.717) is 23.4 Å². The minimum absolute atomic E-state index is 0.352. The fraction of sp³-hybridized carbons (Fsp3) is 0.625. The molecule has 118 valence electrons. The van der Waals surface area contributed by atoms with E-state index >= 15 is 0 Å². The minimum Gasteiger partial charge on any atom is -0.314 e. The van der Waals surface area contributed by atoms with Gasteiger partial charge in [0.1, 0.15) is 0 Å². The van der Waals surface area contributed by atoms with Crippen molar-refractivity contribution in [3.63, 3.8) is 0 Å². The lowest BCUT2D eigenvalue weighted by molar-refractivity contribution is 0.573. The molecule has 0 aromatic heterocycles. The van der Waals surface area contributed by atoms with Crippen LogP contribution in [0.1, 0.15) is 38.7 Å². The summed E-state index contributed by atoms with van der Waals surface area (Å²) in [6.45, 7) is 5.67. The molecule has 4 nitrogen and oxygen atoms in total. The van der Waals surface area contributed by atoms with E-state index in [9.17, 15) is 8.42 Å². The van der Waals surface area contributed by atoms with E-state index in [4.69, 9.17) is 0 Å². The van der Waals surface area contributed by atoms with Gasteiger partial charge >= 0.3 is 0 Å². The van der Waals surface area contributed by atoms with Crippen molar-refractivity contribution in [1.82, 2.24) is 10.0 Å². The highest BCUT2D eigenvalue weighted by Crippen LogP contribution is 2.18. The normalized spacial score (nSPS) is 15.6. The van der Waals surface area contributed by atoms with Gasteiger partial charge in [-0.05, 0) is 55.8 Å². The van der Waals surface area contributed by atoms with E-state index in [1.807, 2.05) is 12.1 Å². The molecule has 2 N–H and O–H groups in total. The molecular formula is C16H26N2O2S. The molecule has 5 heteroatoms. The van der Waals surface area contributed by atoms with Crippen LogP contribution in [-0.4, -0.2) is 27.5 Å². The van der Waals surface area contributed by atoms with Crippen molar-refractivity contribution in [3.8, 4) is 0 Å². The topological polar surface area (TPSA) is 58.2 Å². The predicted molar refractivity (Wildman–Crippen MR) is 85.8 cm³/mol. The Hall–Kier alpha value is -0.910. The van der Waals surface area contributed by atoms with Crippen LogP contribution >= 0.6 is 0 Å². The number of benzene rings is 1. The van der Waals surface area contributed by atoms with Crippen LogP contribution in [0.2, 0.25) is 0 Å². The fourth-order valence-corrected chi connectivity index (χ4v) is 3.32. The number of sulfonamides is 1. The highest BCUT2D eigenvalue weighted by molar-refractivity contribution is 7.89. The number of hydrogen-bond donors (Lipinski definition) is 2. The Bertz CT molecular complexity index is 534. The average Bonchev–Trinajstić information content (AvgIpc) is 3.22. The monoisotopic (exact) mass is 310 g/mol. The van der Waals surface area contributed by atoms with Crippen molar-refractivity contribution >= 4 is 10.0 Å². The van der Waals surface area contributed by atoms with Gasteiger partial charge in [0, 0.05) is 12.6 Å². The van der Waals surface area contributed by atoms with Crippen molar-refractivity contribution in [2.75, 3.05) is 13.1 Å². The number of hydrogen-bond acceptors (Lipinski definition) is 3. The molecule has 1 aromatic carbocycles. The zero-order valence-electron chi connectivity index (χ0n) is 12.9. The Labute approximate surface area is 128 Å². The minimum atomic E-state index is -3.37. The Morgan fingerprint density at radius 2 is 1.81 bits per heavy atom. The zero-order valence-corrected chi connectivity index (χ0v) is 13.7. The van der Waals surface area contributed by atoms with Gasteiger partial charge in [-0.15, -0.1) is 0 Å². The molecule has 0 atom stereocenters. The first-order valence-electron chi connectivity index (χ1n) is 7.79. The maximum Gasteiger partial charge on any atom is 0.240 e. The molecule has 0 radical (unpaired) electrons. The Kier molecular flexibility index (Phi) is 5.79. The molecule has 0 unspecified atom stereocenters. The summed E-state index contributed by atoms with van der Waals surface area (Å²) in [7, 11) is -3.37. The molecule has 0 aliphatic heterocycles. The van der Waals surface area contributed by atoms with Gasteiger partial charge in [-0.2, -0.15) is 0 Å². The summed E-state index contributed by atoms with van der Waals surface area (Å²) in [6.07, 6.45) is 4.31. The SMILES string of the molecule is CC(C)Cc1ccc(S(=O)(=O)NCCCNC2CC2)cc1. The smallest absolute Gasteiger partial charge is 0.240 e.